The predicted octanol–water partition coefficient (Wildman–Crippen LogP) is -4.58. The van der Waals surface area contributed by atoms with E-state index < -0.39 is 71.5 Å². The van der Waals surface area contributed by atoms with Gasteiger partial charge in [-0.25, -0.2) is 0 Å². The molecule has 0 radical (unpaired) electrons. The Morgan fingerprint density at radius 3 is 1.31 bits per heavy atom. The molecule has 0 unspecified atom stereocenters. The minimum atomic E-state index is -1.23. The Labute approximate surface area is 289 Å². The van der Waals surface area contributed by atoms with Crippen molar-refractivity contribution in [1.29, 1.82) is 0 Å². The summed E-state index contributed by atoms with van der Waals surface area (Å²) >= 11 is 8.05. The van der Waals surface area contributed by atoms with Gasteiger partial charge in [-0.3, -0.25) is 38.4 Å². The van der Waals surface area contributed by atoms with E-state index in [2.05, 4.69) is 62.5 Å². The molecule has 0 aromatic heterocycles. The number of carboxylic acid groups (broad SMARTS) is 2. The lowest BCUT2D eigenvalue weighted by atomic mass is 10.1. The van der Waals surface area contributed by atoms with Crippen molar-refractivity contribution in [1.82, 2.24) is 37.2 Å². The number of carbonyl (C=O) groups is 8. The molecule has 19 nitrogen and oxygen atoms in total. The topological polar surface area (TPSA) is 313 Å². The van der Waals surface area contributed by atoms with Crippen LogP contribution in [0, 0.1) is 0 Å². The van der Waals surface area contributed by atoms with Gasteiger partial charge in [0, 0.05) is 37.4 Å². The molecule has 0 aliphatic carbocycles. The zero-order valence-corrected chi connectivity index (χ0v) is 28.4. The molecule has 274 valence electrons. The number of unbranched alkanes of at least 4 members (excludes halogenated alkanes) is 1. The van der Waals surface area contributed by atoms with E-state index in [4.69, 9.17) is 21.7 Å². The molecule has 0 spiro atoms. The molecule has 0 aliphatic rings. The number of carbonyl (C=O) groups excluding carboxylic acids is 6. The van der Waals surface area contributed by atoms with Crippen LogP contribution in [0.3, 0.4) is 0 Å². The lowest BCUT2D eigenvalue weighted by molar-refractivity contribution is -0.140. The smallest absolute Gasteiger partial charge is 0.320 e. The Morgan fingerprint density at radius 2 is 0.917 bits per heavy atom. The largest absolute Gasteiger partial charge is 0.480 e. The van der Waals surface area contributed by atoms with Crippen molar-refractivity contribution >= 4 is 72.6 Å². The van der Waals surface area contributed by atoms with Crippen molar-refractivity contribution in [3.63, 3.8) is 0 Å². The fourth-order valence-electron chi connectivity index (χ4n) is 3.62. The van der Waals surface area contributed by atoms with Gasteiger partial charge >= 0.3 is 11.9 Å². The molecule has 21 heteroatoms. The highest BCUT2D eigenvalue weighted by atomic mass is 32.1. The molecule has 0 aromatic rings. The number of nitrogens with one attached hydrogen (secondary N) is 7. The van der Waals surface area contributed by atoms with Gasteiger partial charge in [0.2, 0.25) is 35.4 Å². The summed E-state index contributed by atoms with van der Waals surface area (Å²) in [6.45, 7) is 1.41. The fraction of sp³-hybridized carbons (Fsp3) is 0.704. The van der Waals surface area contributed by atoms with Crippen LogP contribution in [0.4, 0.5) is 0 Å². The summed E-state index contributed by atoms with van der Waals surface area (Å²) in [6.07, 6.45) is 1.48. The minimum Gasteiger partial charge on any atom is -0.480 e. The first-order valence-corrected chi connectivity index (χ1v) is 16.5. The molecule has 0 rings (SSSR count). The Bertz CT molecular complexity index is 1000. The van der Waals surface area contributed by atoms with Crippen molar-refractivity contribution in [2.75, 3.05) is 50.8 Å². The summed E-state index contributed by atoms with van der Waals surface area (Å²) in [7, 11) is 0. The molecule has 0 fully saturated rings. The lowest BCUT2D eigenvalue weighted by Gasteiger charge is -2.17. The number of rotatable bonds is 27. The van der Waals surface area contributed by atoms with Gasteiger partial charge in [-0.2, -0.15) is 25.3 Å². The van der Waals surface area contributed by atoms with Crippen LogP contribution in [0.1, 0.15) is 44.9 Å². The van der Waals surface area contributed by atoms with Gasteiger partial charge < -0.3 is 58.9 Å². The lowest BCUT2D eigenvalue weighted by Crippen LogP contribution is -2.50. The van der Waals surface area contributed by atoms with Gasteiger partial charge in [0.1, 0.15) is 24.2 Å². The zero-order valence-electron chi connectivity index (χ0n) is 26.6. The Kier molecular flexibility index (Phi) is 24.3. The SMILES string of the molecule is N[C@@H](CCC(=O)N[C@@H](CS)C(=O)NCC(=O)NCCCCNCCCNC(=O)CNC(=O)[C@H](CS)NC(=O)CC[C@H](N)C(=O)O)C(=O)O. The number of thiol groups is 2. The average Bonchev–Trinajstić information content (AvgIpc) is 3.05. The molecular formula is C27H49N9O10S2. The zero-order chi connectivity index (χ0) is 36.5. The van der Waals surface area contributed by atoms with Crippen LogP contribution in [0.5, 0.6) is 0 Å². The third-order valence-electron chi connectivity index (χ3n) is 6.47. The summed E-state index contributed by atoms with van der Waals surface area (Å²) in [5.41, 5.74) is 10.7. The van der Waals surface area contributed by atoms with Gasteiger partial charge in [0.05, 0.1) is 13.1 Å². The minimum absolute atomic E-state index is 0.0292. The van der Waals surface area contributed by atoms with Crippen molar-refractivity contribution in [3.8, 4) is 0 Å². The molecule has 0 saturated carbocycles. The van der Waals surface area contributed by atoms with Gasteiger partial charge in [0.25, 0.3) is 0 Å². The summed E-state index contributed by atoms with van der Waals surface area (Å²) < 4.78 is 0. The second kappa shape index (κ2) is 26.3. The maximum atomic E-state index is 12.2. The van der Waals surface area contributed by atoms with Crippen molar-refractivity contribution in [2.45, 2.75) is 69.1 Å². The summed E-state index contributed by atoms with van der Waals surface area (Å²) in [5.74, 6) is -5.70. The van der Waals surface area contributed by atoms with E-state index in [-0.39, 0.29) is 50.3 Å². The molecule has 4 atom stereocenters. The normalized spacial score (nSPS) is 13.2. The van der Waals surface area contributed by atoms with Crippen molar-refractivity contribution in [3.05, 3.63) is 0 Å². The fourth-order valence-corrected chi connectivity index (χ4v) is 4.13. The number of amides is 6. The van der Waals surface area contributed by atoms with Gasteiger partial charge in [0.15, 0.2) is 0 Å². The maximum absolute atomic E-state index is 12.2. The molecule has 0 saturated heterocycles. The van der Waals surface area contributed by atoms with Crippen LogP contribution in [-0.4, -0.2) is 133 Å². The maximum Gasteiger partial charge on any atom is 0.320 e. The van der Waals surface area contributed by atoms with Crippen LogP contribution in [-0.2, 0) is 38.4 Å². The molecule has 0 heterocycles. The number of nitrogens with two attached hydrogens (primary N) is 2. The standard InChI is InChI=1S/C27H49N9O10S2/c28-16(26(43)44)4-6-20(37)35-18(14-47)24(41)33-12-22(39)31-10-2-1-8-30-9-3-11-32-23(40)13-34-25(42)19(15-48)36-21(38)7-5-17(29)27(45)46/h16-19,30,47-48H,1-15,28-29H2,(H,31,39)(H,32,40)(H,33,41)(H,34,42)(H,35,37)(H,36,38)(H,43,44)(H,45,46)/t16-,17-,18-,19-/m0/s1. The van der Waals surface area contributed by atoms with Gasteiger partial charge in [-0.15, -0.1) is 0 Å². The second-order valence-electron chi connectivity index (χ2n) is 10.5. The molecule has 6 amide bonds. The Hall–Kier alpha value is -3.66. The van der Waals surface area contributed by atoms with E-state index in [0.717, 1.165) is 6.42 Å². The molecule has 13 N–H and O–H groups in total. The van der Waals surface area contributed by atoms with Gasteiger partial charge in [-0.1, -0.05) is 0 Å². The van der Waals surface area contributed by atoms with E-state index in [1.54, 1.807) is 0 Å². The number of hydrogen-bond donors (Lipinski definition) is 13. The van der Waals surface area contributed by atoms with Crippen LogP contribution in [0.25, 0.3) is 0 Å². The predicted molar refractivity (Wildman–Crippen MR) is 180 cm³/mol. The third-order valence-corrected chi connectivity index (χ3v) is 7.20. The third kappa shape index (κ3) is 22.0. The van der Waals surface area contributed by atoms with Gasteiger partial charge in [-0.05, 0) is 45.2 Å². The van der Waals surface area contributed by atoms with E-state index in [1.165, 1.54) is 0 Å². The number of hydrogen-bond acceptors (Lipinski definition) is 13. The molecular weight excluding hydrogens is 674 g/mol. The molecule has 0 bridgehead atoms. The highest BCUT2D eigenvalue weighted by Crippen LogP contribution is 1.99. The monoisotopic (exact) mass is 723 g/mol. The molecule has 0 aromatic carbocycles. The highest BCUT2D eigenvalue weighted by molar-refractivity contribution is 7.80. The summed E-state index contributed by atoms with van der Waals surface area (Å²) in [4.78, 5) is 93.8. The Morgan fingerprint density at radius 1 is 0.542 bits per heavy atom. The van der Waals surface area contributed by atoms with E-state index >= 15 is 0 Å². The van der Waals surface area contributed by atoms with Crippen molar-refractivity contribution in [2.24, 2.45) is 11.5 Å². The number of aliphatic carboxylic acids is 2. The number of carboxylic acids is 2. The van der Waals surface area contributed by atoms with Crippen LogP contribution < -0.4 is 48.7 Å². The van der Waals surface area contributed by atoms with E-state index in [0.29, 0.717) is 39.0 Å². The first kappa shape index (κ1) is 44.3. The average molecular weight is 724 g/mol. The van der Waals surface area contributed by atoms with Crippen LogP contribution in [0.2, 0.25) is 0 Å². The summed E-state index contributed by atoms with van der Waals surface area (Å²) in [6, 6.07) is -4.39. The van der Waals surface area contributed by atoms with E-state index in [1.807, 2.05) is 0 Å². The highest BCUT2D eigenvalue weighted by Gasteiger charge is 2.22. The molecule has 48 heavy (non-hydrogen) atoms. The van der Waals surface area contributed by atoms with E-state index in [9.17, 15) is 38.4 Å². The molecule has 0 aliphatic heterocycles. The summed E-state index contributed by atoms with van der Waals surface area (Å²) in [5, 5.41) is 35.7. The van der Waals surface area contributed by atoms with Crippen LogP contribution in [0.15, 0.2) is 0 Å². The first-order valence-electron chi connectivity index (χ1n) is 15.3. The second-order valence-corrected chi connectivity index (χ2v) is 11.2. The van der Waals surface area contributed by atoms with Crippen LogP contribution >= 0.6 is 25.3 Å². The Balaban J connectivity index is 3.95. The van der Waals surface area contributed by atoms with Crippen molar-refractivity contribution < 1.29 is 48.6 Å². The quantitative estimate of drug-likeness (QED) is 0.0281. The first-order chi connectivity index (χ1) is 22.7.